The van der Waals surface area contributed by atoms with Gasteiger partial charge in [-0.05, 0) is 19.1 Å². The zero-order valence-electron chi connectivity index (χ0n) is 8.49. The number of nitrogens with one attached hydrogen (secondary N) is 1. The zero-order valence-corrected chi connectivity index (χ0v) is 9.25. The van der Waals surface area contributed by atoms with Gasteiger partial charge < -0.3 is 10.1 Å². The second-order valence-electron chi connectivity index (χ2n) is 3.24. The minimum absolute atomic E-state index is 0.221. The summed E-state index contributed by atoms with van der Waals surface area (Å²) >= 11 is 5.72. The van der Waals surface area contributed by atoms with E-state index < -0.39 is 17.8 Å². The van der Waals surface area contributed by atoms with Gasteiger partial charge in [0.05, 0.1) is 18.0 Å². The molecular formula is C10H9ClN2O3. The zero-order chi connectivity index (χ0) is 11.7. The van der Waals surface area contributed by atoms with Crippen LogP contribution in [0.25, 0.3) is 0 Å². The Morgan fingerprint density at radius 2 is 2.38 bits per heavy atom. The summed E-state index contributed by atoms with van der Waals surface area (Å²) in [4.78, 5) is 27.1. The molecule has 1 unspecified atom stereocenters. The number of ether oxygens (including phenoxy) is 1. The summed E-state index contributed by atoms with van der Waals surface area (Å²) in [6.45, 7) is 1.90. The fraction of sp³-hybridized carbons (Fsp3) is 0.300. The number of halogens is 1. The lowest BCUT2D eigenvalue weighted by atomic mass is 10.1. The number of carbonyl (C=O) groups excluding carboxylic acids is 2. The summed E-state index contributed by atoms with van der Waals surface area (Å²) < 4.78 is 4.81. The van der Waals surface area contributed by atoms with Gasteiger partial charge in [-0.25, -0.2) is 4.98 Å². The second-order valence-corrected chi connectivity index (χ2v) is 3.63. The minimum Gasteiger partial charge on any atom is -0.465 e. The molecule has 0 radical (unpaired) electrons. The number of fused-ring (bicyclic) bond motifs is 1. The smallest absolute Gasteiger partial charge is 0.324 e. The Bertz CT molecular complexity index is 461. The van der Waals surface area contributed by atoms with Crippen molar-refractivity contribution in [3.05, 3.63) is 23.0 Å². The number of hydrogen-bond donors (Lipinski definition) is 1. The molecule has 0 bridgehead atoms. The Hall–Kier alpha value is -1.62. The van der Waals surface area contributed by atoms with E-state index in [1.807, 2.05) is 0 Å². The molecule has 0 fully saturated rings. The van der Waals surface area contributed by atoms with Crippen molar-refractivity contribution in [3.8, 4) is 0 Å². The topological polar surface area (TPSA) is 68.3 Å². The van der Waals surface area contributed by atoms with Gasteiger partial charge >= 0.3 is 5.97 Å². The van der Waals surface area contributed by atoms with E-state index >= 15 is 0 Å². The molecule has 16 heavy (non-hydrogen) atoms. The van der Waals surface area contributed by atoms with Gasteiger partial charge in [0.2, 0.25) is 5.91 Å². The number of nitrogens with zero attached hydrogens (tertiary/aromatic N) is 1. The third kappa shape index (κ3) is 1.74. The number of pyridine rings is 1. The number of esters is 1. The third-order valence-corrected chi connectivity index (χ3v) is 2.42. The van der Waals surface area contributed by atoms with Crippen molar-refractivity contribution in [1.82, 2.24) is 4.98 Å². The largest absolute Gasteiger partial charge is 0.465 e. The second kappa shape index (κ2) is 4.09. The SMILES string of the molecule is CCOC(=O)C1C(=O)Nc2ccc(Cl)nc21. The Balaban J connectivity index is 2.38. The van der Waals surface area contributed by atoms with E-state index in [1.165, 1.54) is 0 Å². The molecule has 6 heteroatoms. The summed E-state index contributed by atoms with van der Waals surface area (Å²) in [6, 6.07) is 3.16. The maximum atomic E-state index is 11.6. The highest BCUT2D eigenvalue weighted by molar-refractivity contribution is 6.29. The average Bonchev–Trinajstić information content (AvgIpc) is 2.53. The first kappa shape index (κ1) is 10.9. The van der Waals surface area contributed by atoms with E-state index in [1.54, 1.807) is 19.1 Å². The van der Waals surface area contributed by atoms with Crippen LogP contribution in [0.5, 0.6) is 0 Å². The molecule has 0 saturated carbocycles. The van der Waals surface area contributed by atoms with Crippen molar-refractivity contribution in [1.29, 1.82) is 0 Å². The van der Waals surface area contributed by atoms with Crippen molar-refractivity contribution >= 4 is 29.2 Å². The molecule has 1 N–H and O–H groups in total. The lowest BCUT2D eigenvalue weighted by Crippen LogP contribution is -2.23. The quantitative estimate of drug-likeness (QED) is 0.481. The van der Waals surface area contributed by atoms with Gasteiger partial charge in [-0.3, -0.25) is 9.59 Å². The van der Waals surface area contributed by atoms with Gasteiger partial charge in [-0.2, -0.15) is 0 Å². The Morgan fingerprint density at radius 3 is 3.06 bits per heavy atom. The van der Waals surface area contributed by atoms with Crippen LogP contribution in [0.15, 0.2) is 12.1 Å². The van der Waals surface area contributed by atoms with Crippen molar-refractivity contribution < 1.29 is 14.3 Å². The van der Waals surface area contributed by atoms with Crippen LogP contribution in [-0.4, -0.2) is 23.5 Å². The highest BCUT2D eigenvalue weighted by atomic mass is 35.5. The number of anilines is 1. The van der Waals surface area contributed by atoms with Gasteiger partial charge in [0, 0.05) is 0 Å². The summed E-state index contributed by atoms with van der Waals surface area (Å²) in [5.41, 5.74) is 0.836. The monoisotopic (exact) mass is 240 g/mol. The van der Waals surface area contributed by atoms with Crippen molar-refractivity contribution in [2.24, 2.45) is 0 Å². The van der Waals surface area contributed by atoms with Gasteiger partial charge in [0.25, 0.3) is 0 Å². The molecular weight excluding hydrogens is 232 g/mol. The number of aromatic nitrogens is 1. The fourth-order valence-electron chi connectivity index (χ4n) is 1.55. The van der Waals surface area contributed by atoms with Crippen LogP contribution in [0.2, 0.25) is 5.15 Å². The summed E-state index contributed by atoms with van der Waals surface area (Å²) in [5, 5.41) is 2.79. The maximum absolute atomic E-state index is 11.6. The third-order valence-electron chi connectivity index (χ3n) is 2.21. The number of rotatable bonds is 2. The van der Waals surface area contributed by atoms with Crippen LogP contribution in [0.3, 0.4) is 0 Å². The lowest BCUT2D eigenvalue weighted by Gasteiger charge is -2.06. The van der Waals surface area contributed by atoms with Crippen molar-refractivity contribution in [2.45, 2.75) is 12.8 Å². The molecule has 2 rings (SSSR count). The first-order valence-electron chi connectivity index (χ1n) is 4.77. The van der Waals surface area contributed by atoms with Crippen LogP contribution < -0.4 is 5.32 Å². The summed E-state index contributed by atoms with van der Waals surface area (Å²) in [7, 11) is 0. The van der Waals surface area contributed by atoms with Crippen LogP contribution >= 0.6 is 11.6 Å². The van der Waals surface area contributed by atoms with Gasteiger partial charge in [0.1, 0.15) is 5.15 Å². The number of hydrogen-bond acceptors (Lipinski definition) is 4. The van der Waals surface area contributed by atoms with E-state index in [0.29, 0.717) is 11.4 Å². The molecule has 0 spiro atoms. The van der Waals surface area contributed by atoms with E-state index in [9.17, 15) is 9.59 Å². The van der Waals surface area contributed by atoms with Gasteiger partial charge in [-0.15, -0.1) is 0 Å². The molecule has 0 aromatic carbocycles. The van der Waals surface area contributed by atoms with E-state index in [0.717, 1.165) is 0 Å². The highest BCUT2D eigenvalue weighted by Crippen LogP contribution is 2.32. The number of carbonyl (C=O) groups is 2. The molecule has 0 saturated heterocycles. The molecule has 84 valence electrons. The highest BCUT2D eigenvalue weighted by Gasteiger charge is 2.39. The standard InChI is InChI=1S/C10H9ClN2O3/c1-2-16-10(15)7-8-5(12-9(7)14)3-4-6(11)13-8/h3-4,7H,2H2,1H3,(H,12,14). The molecule has 2 heterocycles. The van der Waals surface area contributed by atoms with E-state index in [-0.39, 0.29) is 11.8 Å². The van der Waals surface area contributed by atoms with Crippen LogP contribution in [-0.2, 0) is 14.3 Å². The Labute approximate surface area is 96.8 Å². The molecule has 1 aliphatic rings. The lowest BCUT2D eigenvalue weighted by molar-refractivity contribution is -0.147. The van der Waals surface area contributed by atoms with Crippen LogP contribution in [0, 0.1) is 0 Å². The van der Waals surface area contributed by atoms with Gasteiger partial charge in [-0.1, -0.05) is 11.6 Å². The molecule has 1 aromatic rings. The molecule has 1 aromatic heterocycles. The normalized spacial score (nSPS) is 17.9. The first-order chi connectivity index (χ1) is 7.63. The Kier molecular flexibility index (Phi) is 2.78. The summed E-state index contributed by atoms with van der Waals surface area (Å²) in [6.07, 6.45) is 0. The molecule has 5 nitrogen and oxygen atoms in total. The number of amides is 1. The van der Waals surface area contributed by atoms with Gasteiger partial charge in [0.15, 0.2) is 5.92 Å². The van der Waals surface area contributed by atoms with Crippen LogP contribution in [0.1, 0.15) is 18.5 Å². The Morgan fingerprint density at radius 1 is 1.62 bits per heavy atom. The minimum atomic E-state index is -1.01. The molecule has 0 aliphatic carbocycles. The van der Waals surface area contributed by atoms with Crippen molar-refractivity contribution in [2.75, 3.05) is 11.9 Å². The molecule has 1 atom stereocenters. The molecule has 1 amide bonds. The average molecular weight is 241 g/mol. The summed E-state index contributed by atoms with van der Waals surface area (Å²) in [5.74, 6) is -2.04. The van der Waals surface area contributed by atoms with E-state index in [2.05, 4.69) is 10.3 Å². The predicted octanol–water partition coefficient (Wildman–Crippen LogP) is 1.33. The van der Waals surface area contributed by atoms with E-state index in [4.69, 9.17) is 16.3 Å². The predicted molar refractivity (Wildman–Crippen MR) is 57.3 cm³/mol. The van der Waals surface area contributed by atoms with Crippen LogP contribution in [0.4, 0.5) is 5.69 Å². The first-order valence-corrected chi connectivity index (χ1v) is 5.15. The molecule has 1 aliphatic heterocycles. The van der Waals surface area contributed by atoms with Crippen molar-refractivity contribution in [3.63, 3.8) is 0 Å². The fourth-order valence-corrected chi connectivity index (χ4v) is 1.70. The maximum Gasteiger partial charge on any atom is 0.324 e.